The molecule has 0 saturated heterocycles. The number of halogens is 1. The van der Waals surface area contributed by atoms with Crippen LogP contribution in [0, 0.1) is 0 Å². The molecule has 0 fully saturated rings. The van der Waals surface area contributed by atoms with Crippen molar-refractivity contribution in [3.63, 3.8) is 0 Å². The molecule has 154 valence electrons. The summed E-state index contributed by atoms with van der Waals surface area (Å²) < 4.78 is 15.9. The monoisotopic (exact) mass is 418 g/mol. The van der Waals surface area contributed by atoms with Gasteiger partial charge in [-0.15, -0.1) is 0 Å². The van der Waals surface area contributed by atoms with Gasteiger partial charge in [-0.1, -0.05) is 23.7 Å². The fourth-order valence-corrected chi connectivity index (χ4v) is 2.70. The standard InChI is InChI=1S/C21H23ClN2O5/c1-24(13-20(25)23-16-8-6-5-7-15(16)22)21(26)10-9-14-11-18(28-3)19(29-4)12-17(14)27-2/h5-12H,13H2,1-4H3,(H,23,25)/b10-9+. The van der Waals surface area contributed by atoms with Gasteiger partial charge in [0.05, 0.1) is 38.6 Å². The van der Waals surface area contributed by atoms with Crippen LogP contribution in [0.4, 0.5) is 5.69 Å². The minimum Gasteiger partial charge on any atom is -0.496 e. The smallest absolute Gasteiger partial charge is 0.246 e. The molecule has 2 rings (SSSR count). The highest BCUT2D eigenvalue weighted by Gasteiger charge is 2.13. The summed E-state index contributed by atoms with van der Waals surface area (Å²) in [5.41, 5.74) is 1.12. The number of nitrogens with one attached hydrogen (secondary N) is 1. The molecule has 0 atom stereocenters. The molecule has 0 aliphatic rings. The minimum absolute atomic E-state index is 0.128. The van der Waals surface area contributed by atoms with Crippen molar-refractivity contribution in [2.75, 3.05) is 40.2 Å². The summed E-state index contributed by atoms with van der Waals surface area (Å²) in [5, 5.41) is 3.10. The van der Waals surface area contributed by atoms with Gasteiger partial charge in [-0.2, -0.15) is 0 Å². The topological polar surface area (TPSA) is 77.1 Å². The van der Waals surface area contributed by atoms with Crippen LogP contribution in [0.2, 0.25) is 5.02 Å². The van der Waals surface area contributed by atoms with E-state index in [1.807, 2.05) is 0 Å². The van der Waals surface area contributed by atoms with Crippen LogP contribution in [0.15, 0.2) is 42.5 Å². The third-order valence-corrected chi connectivity index (χ3v) is 4.38. The number of hydrogen-bond donors (Lipinski definition) is 1. The SMILES string of the molecule is COc1cc(OC)c(OC)cc1/C=C/C(=O)N(C)CC(=O)Nc1ccccc1Cl. The molecule has 0 unspecified atom stereocenters. The van der Waals surface area contributed by atoms with Gasteiger partial charge < -0.3 is 24.4 Å². The van der Waals surface area contributed by atoms with Gasteiger partial charge in [-0.25, -0.2) is 0 Å². The molecule has 7 nitrogen and oxygen atoms in total. The molecule has 0 radical (unpaired) electrons. The Hall–Kier alpha value is -3.19. The Morgan fingerprint density at radius 2 is 1.66 bits per heavy atom. The molecule has 2 amide bonds. The van der Waals surface area contributed by atoms with Crippen LogP contribution in [0.25, 0.3) is 6.08 Å². The number of methoxy groups -OCH3 is 3. The Bertz CT molecular complexity index is 914. The van der Waals surface area contributed by atoms with Crippen LogP contribution < -0.4 is 19.5 Å². The Balaban J connectivity index is 2.06. The van der Waals surface area contributed by atoms with Gasteiger partial charge in [0, 0.05) is 24.8 Å². The molecule has 0 aromatic heterocycles. The lowest BCUT2D eigenvalue weighted by molar-refractivity contribution is -0.129. The molecule has 2 aromatic rings. The highest BCUT2D eigenvalue weighted by molar-refractivity contribution is 6.33. The highest BCUT2D eigenvalue weighted by Crippen LogP contribution is 2.35. The van der Waals surface area contributed by atoms with Crippen molar-refractivity contribution in [1.29, 1.82) is 0 Å². The number of ether oxygens (including phenoxy) is 3. The van der Waals surface area contributed by atoms with Gasteiger partial charge in [0.1, 0.15) is 5.75 Å². The van der Waals surface area contributed by atoms with E-state index in [1.54, 1.807) is 42.5 Å². The first-order chi connectivity index (χ1) is 13.9. The number of carbonyl (C=O) groups excluding carboxylic acids is 2. The molecule has 0 heterocycles. The van der Waals surface area contributed by atoms with Crippen molar-refractivity contribution in [2.45, 2.75) is 0 Å². The maximum absolute atomic E-state index is 12.4. The predicted molar refractivity (Wildman–Crippen MR) is 113 cm³/mol. The number of nitrogens with zero attached hydrogens (tertiary/aromatic N) is 1. The largest absolute Gasteiger partial charge is 0.496 e. The lowest BCUT2D eigenvalue weighted by Crippen LogP contribution is -2.33. The summed E-state index contributed by atoms with van der Waals surface area (Å²) in [5.74, 6) is 0.835. The second kappa shape index (κ2) is 10.4. The van der Waals surface area contributed by atoms with Crippen molar-refractivity contribution in [3.05, 3.63) is 53.1 Å². The van der Waals surface area contributed by atoms with Crippen LogP contribution in [0.1, 0.15) is 5.56 Å². The molecule has 2 aromatic carbocycles. The van der Waals surface area contributed by atoms with E-state index in [4.69, 9.17) is 25.8 Å². The molecular weight excluding hydrogens is 396 g/mol. The summed E-state index contributed by atoms with van der Waals surface area (Å²) in [6.07, 6.45) is 2.94. The number of rotatable bonds is 8. The average molecular weight is 419 g/mol. The normalized spacial score (nSPS) is 10.5. The van der Waals surface area contributed by atoms with E-state index in [0.717, 1.165) is 0 Å². The zero-order chi connectivity index (χ0) is 21.4. The second-order valence-corrected chi connectivity index (χ2v) is 6.41. The predicted octanol–water partition coefficient (Wildman–Crippen LogP) is 3.48. The third kappa shape index (κ3) is 5.89. The van der Waals surface area contributed by atoms with Gasteiger partial charge in [0.2, 0.25) is 11.8 Å². The lowest BCUT2D eigenvalue weighted by Gasteiger charge is -2.15. The van der Waals surface area contributed by atoms with E-state index in [9.17, 15) is 9.59 Å². The molecule has 0 spiro atoms. The Morgan fingerprint density at radius 1 is 1.03 bits per heavy atom. The lowest BCUT2D eigenvalue weighted by atomic mass is 10.1. The average Bonchev–Trinajstić information content (AvgIpc) is 2.72. The molecule has 1 N–H and O–H groups in total. The fourth-order valence-electron chi connectivity index (χ4n) is 2.52. The van der Waals surface area contributed by atoms with Crippen LogP contribution >= 0.6 is 11.6 Å². The van der Waals surface area contributed by atoms with E-state index in [-0.39, 0.29) is 18.4 Å². The van der Waals surface area contributed by atoms with Crippen molar-refractivity contribution in [1.82, 2.24) is 4.90 Å². The summed E-state index contributed by atoms with van der Waals surface area (Å²) in [6.45, 7) is -0.128. The van der Waals surface area contributed by atoms with Crippen molar-refractivity contribution >= 4 is 35.2 Å². The second-order valence-electron chi connectivity index (χ2n) is 6.00. The van der Waals surface area contributed by atoms with Crippen molar-refractivity contribution < 1.29 is 23.8 Å². The highest BCUT2D eigenvalue weighted by atomic mass is 35.5. The van der Waals surface area contributed by atoms with Crippen LogP contribution in [0.3, 0.4) is 0 Å². The van der Waals surface area contributed by atoms with Gasteiger partial charge in [-0.05, 0) is 24.3 Å². The maximum atomic E-state index is 12.4. The Kier molecular flexibility index (Phi) is 7.91. The number of anilines is 1. The van der Waals surface area contributed by atoms with Crippen molar-refractivity contribution in [3.8, 4) is 17.2 Å². The first-order valence-corrected chi connectivity index (χ1v) is 9.05. The molecule has 8 heteroatoms. The van der Waals surface area contributed by atoms with Gasteiger partial charge in [-0.3, -0.25) is 9.59 Å². The van der Waals surface area contributed by atoms with E-state index in [1.165, 1.54) is 39.4 Å². The zero-order valence-corrected chi connectivity index (χ0v) is 17.4. The van der Waals surface area contributed by atoms with Gasteiger partial charge in [0.15, 0.2) is 11.5 Å². The van der Waals surface area contributed by atoms with Crippen LogP contribution in [0.5, 0.6) is 17.2 Å². The summed E-state index contributed by atoms with van der Waals surface area (Å²) in [4.78, 5) is 25.8. The van der Waals surface area contributed by atoms with Gasteiger partial charge in [0.25, 0.3) is 0 Å². The van der Waals surface area contributed by atoms with Gasteiger partial charge >= 0.3 is 0 Å². The fraction of sp³-hybridized carbons (Fsp3) is 0.238. The van der Waals surface area contributed by atoms with E-state index >= 15 is 0 Å². The number of likely N-dealkylation sites (N-methyl/N-ethyl adjacent to an activating group) is 1. The third-order valence-electron chi connectivity index (χ3n) is 4.05. The number of para-hydroxylation sites is 1. The molecule has 0 aliphatic carbocycles. The van der Waals surface area contributed by atoms with Crippen LogP contribution in [-0.2, 0) is 9.59 Å². The molecular formula is C21H23ClN2O5. The Labute approximate surface area is 174 Å². The molecule has 0 bridgehead atoms. The molecule has 0 saturated carbocycles. The molecule has 29 heavy (non-hydrogen) atoms. The van der Waals surface area contributed by atoms with E-state index in [0.29, 0.717) is 33.5 Å². The summed E-state index contributed by atoms with van der Waals surface area (Å²) >= 11 is 6.02. The first-order valence-electron chi connectivity index (χ1n) is 8.67. The first kappa shape index (κ1) is 22.1. The van der Waals surface area contributed by atoms with E-state index in [2.05, 4.69) is 5.32 Å². The quantitative estimate of drug-likeness (QED) is 0.664. The van der Waals surface area contributed by atoms with E-state index < -0.39 is 0 Å². The van der Waals surface area contributed by atoms with Crippen molar-refractivity contribution in [2.24, 2.45) is 0 Å². The maximum Gasteiger partial charge on any atom is 0.246 e. The molecule has 0 aliphatic heterocycles. The zero-order valence-electron chi connectivity index (χ0n) is 16.7. The number of hydrogen-bond acceptors (Lipinski definition) is 5. The summed E-state index contributed by atoms with van der Waals surface area (Å²) in [7, 11) is 6.10. The Morgan fingerprint density at radius 3 is 2.28 bits per heavy atom. The summed E-state index contributed by atoms with van der Waals surface area (Å²) in [6, 6.07) is 10.3. The van der Waals surface area contributed by atoms with Crippen LogP contribution in [-0.4, -0.2) is 51.6 Å². The number of amides is 2. The minimum atomic E-state index is -0.356. The number of carbonyl (C=O) groups is 2. The number of benzene rings is 2.